The lowest BCUT2D eigenvalue weighted by molar-refractivity contribution is 0.110. The van der Waals surface area contributed by atoms with E-state index in [1.54, 1.807) is 14.2 Å². The average Bonchev–Trinajstić information content (AvgIpc) is 3.30. The molecule has 2 fully saturated rings. The van der Waals surface area contributed by atoms with Gasteiger partial charge in [-0.1, -0.05) is 31.4 Å². The zero-order valence-corrected chi connectivity index (χ0v) is 18.7. The van der Waals surface area contributed by atoms with E-state index in [1.807, 2.05) is 12.1 Å². The molecule has 8 nitrogen and oxygen atoms in total. The monoisotopic (exact) mass is 426 g/mol. The first-order valence-electron chi connectivity index (χ1n) is 11.3. The molecule has 2 aromatic rings. The minimum absolute atomic E-state index is 0.0254. The molecule has 0 N–H and O–H groups in total. The van der Waals surface area contributed by atoms with Crippen molar-refractivity contribution >= 4 is 0 Å². The van der Waals surface area contributed by atoms with E-state index < -0.39 is 0 Å². The first-order chi connectivity index (χ1) is 15.2. The minimum Gasteiger partial charge on any atom is -0.493 e. The van der Waals surface area contributed by atoms with E-state index in [1.165, 1.54) is 19.3 Å². The van der Waals surface area contributed by atoms with Crippen molar-refractivity contribution in [1.82, 2.24) is 30.0 Å². The highest BCUT2D eigenvalue weighted by atomic mass is 16.5. The molecule has 1 atom stereocenters. The second kappa shape index (κ2) is 10.2. The van der Waals surface area contributed by atoms with Gasteiger partial charge in [0.2, 0.25) is 0 Å². The Hall–Kier alpha value is -2.45. The SMILES string of the molecule is C=CCN1CCN([C@H](c2ccc(OC)c(OC)c2)c2nnnn2C2CCCCC2)CC1. The maximum absolute atomic E-state index is 5.61. The largest absolute Gasteiger partial charge is 0.493 e. The lowest BCUT2D eigenvalue weighted by Crippen LogP contribution is -2.48. The van der Waals surface area contributed by atoms with Crippen LogP contribution in [0.5, 0.6) is 11.5 Å². The standard InChI is InChI=1S/C23H34N6O2/c1-4-12-27-13-15-28(16-14-27)22(18-10-11-20(30-2)21(17-18)31-3)23-24-25-26-29(23)19-8-6-5-7-9-19/h4,10-11,17,19,22H,1,5-9,12-16H2,2-3H3/t22-/m1/s1. The van der Waals surface area contributed by atoms with Crippen molar-refractivity contribution in [2.45, 2.75) is 44.2 Å². The number of hydrogen-bond acceptors (Lipinski definition) is 7. The highest BCUT2D eigenvalue weighted by molar-refractivity contribution is 5.45. The number of tetrazole rings is 1. The van der Waals surface area contributed by atoms with E-state index in [0.29, 0.717) is 6.04 Å². The Morgan fingerprint density at radius 3 is 2.48 bits per heavy atom. The van der Waals surface area contributed by atoms with Crippen LogP contribution in [0.3, 0.4) is 0 Å². The summed E-state index contributed by atoms with van der Waals surface area (Å²) in [6.07, 6.45) is 8.05. The van der Waals surface area contributed by atoms with Gasteiger partial charge in [0.1, 0.15) is 0 Å². The van der Waals surface area contributed by atoms with Crippen molar-refractivity contribution in [2.24, 2.45) is 0 Å². The van der Waals surface area contributed by atoms with Gasteiger partial charge >= 0.3 is 0 Å². The van der Waals surface area contributed by atoms with Gasteiger partial charge in [0, 0.05) is 32.7 Å². The lowest BCUT2D eigenvalue weighted by Gasteiger charge is -2.39. The van der Waals surface area contributed by atoms with Crippen LogP contribution < -0.4 is 9.47 Å². The van der Waals surface area contributed by atoms with Gasteiger partial charge in [-0.2, -0.15) is 0 Å². The average molecular weight is 427 g/mol. The van der Waals surface area contributed by atoms with Gasteiger partial charge in [0.05, 0.1) is 26.3 Å². The molecule has 1 aliphatic carbocycles. The van der Waals surface area contributed by atoms with Gasteiger partial charge < -0.3 is 9.47 Å². The fraction of sp³-hybridized carbons (Fsp3) is 0.609. The minimum atomic E-state index is -0.0254. The summed E-state index contributed by atoms with van der Waals surface area (Å²) in [6.45, 7) is 8.71. The highest BCUT2D eigenvalue weighted by Crippen LogP contribution is 2.37. The van der Waals surface area contributed by atoms with E-state index in [0.717, 1.165) is 68.5 Å². The summed E-state index contributed by atoms with van der Waals surface area (Å²) in [4.78, 5) is 4.92. The number of aromatic nitrogens is 4. The summed E-state index contributed by atoms with van der Waals surface area (Å²) in [7, 11) is 3.34. The molecule has 2 aliphatic rings. The summed E-state index contributed by atoms with van der Waals surface area (Å²) in [5, 5.41) is 13.1. The Bertz CT molecular complexity index is 856. The molecule has 1 aromatic carbocycles. The quantitative estimate of drug-likeness (QED) is 0.601. The maximum Gasteiger partial charge on any atom is 0.173 e. The molecule has 1 aliphatic heterocycles. The Morgan fingerprint density at radius 1 is 1.06 bits per heavy atom. The normalized spacial score (nSPS) is 19.8. The summed E-state index contributed by atoms with van der Waals surface area (Å²) in [5.74, 6) is 2.39. The number of nitrogens with zero attached hydrogens (tertiary/aromatic N) is 6. The van der Waals surface area contributed by atoms with Crippen LogP contribution in [0.4, 0.5) is 0 Å². The summed E-state index contributed by atoms with van der Waals surface area (Å²) < 4.78 is 13.2. The summed E-state index contributed by atoms with van der Waals surface area (Å²) in [6, 6.07) is 6.51. The van der Waals surface area contributed by atoms with Gasteiger partial charge in [-0.05, 0) is 41.0 Å². The van der Waals surface area contributed by atoms with Gasteiger partial charge in [0.15, 0.2) is 17.3 Å². The van der Waals surface area contributed by atoms with Crippen molar-refractivity contribution in [3.05, 3.63) is 42.2 Å². The second-order valence-electron chi connectivity index (χ2n) is 8.42. The van der Waals surface area contributed by atoms with Crippen molar-refractivity contribution in [1.29, 1.82) is 0 Å². The van der Waals surface area contributed by atoms with Crippen LogP contribution in [0.1, 0.15) is 55.6 Å². The molecular weight excluding hydrogens is 392 g/mol. The van der Waals surface area contributed by atoms with Gasteiger partial charge in [0.25, 0.3) is 0 Å². The third kappa shape index (κ3) is 4.75. The predicted octanol–water partition coefficient (Wildman–Crippen LogP) is 3.09. The molecule has 0 radical (unpaired) electrons. The lowest BCUT2D eigenvalue weighted by atomic mass is 9.95. The molecule has 31 heavy (non-hydrogen) atoms. The molecule has 0 bridgehead atoms. The highest BCUT2D eigenvalue weighted by Gasteiger charge is 2.33. The Morgan fingerprint density at radius 2 is 1.81 bits per heavy atom. The van der Waals surface area contributed by atoms with Crippen LogP contribution in [0.15, 0.2) is 30.9 Å². The van der Waals surface area contributed by atoms with Crippen molar-refractivity contribution in [3.63, 3.8) is 0 Å². The first kappa shape index (κ1) is 21.8. The van der Waals surface area contributed by atoms with Gasteiger partial charge in [-0.25, -0.2) is 4.68 Å². The fourth-order valence-corrected chi connectivity index (χ4v) is 4.90. The van der Waals surface area contributed by atoms with E-state index in [-0.39, 0.29) is 6.04 Å². The fourth-order valence-electron chi connectivity index (χ4n) is 4.90. The predicted molar refractivity (Wildman–Crippen MR) is 120 cm³/mol. The van der Waals surface area contributed by atoms with E-state index >= 15 is 0 Å². The number of rotatable bonds is 8. The van der Waals surface area contributed by atoms with Crippen LogP contribution in [-0.2, 0) is 0 Å². The van der Waals surface area contributed by atoms with Crippen LogP contribution in [0.2, 0.25) is 0 Å². The summed E-state index contributed by atoms with van der Waals surface area (Å²) >= 11 is 0. The van der Waals surface area contributed by atoms with Crippen molar-refractivity contribution in [3.8, 4) is 11.5 Å². The Labute approximate surface area is 184 Å². The van der Waals surface area contributed by atoms with Crippen LogP contribution in [0, 0.1) is 0 Å². The van der Waals surface area contributed by atoms with E-state index in [4.69, 9.17) is 9.47 Å². The zero-order chi connectivity index (χ0) is 21.6. The number of ether oxygens (including phenoxy) is 2. The maximum atomic E-state index is 5.61. The van der Waals surface area contributed by atoms with Crippen molar-refractivity contribution < 1.29 is 9.47 Å². The third-order valence-corrected chi connectivity index (χ3v) is 6.57. The second-order valence-corrected chi connectivity index (χ2v) is 8.42. The number of piperazine rings is 1. The zero-order valence-electron chi connectivity index (χ0n) is 18.7. The van der Waals surface area contributed by atoms with E-state index in [2.05, 4.69) is 48.7 Å². The molecule has 1 aromatic heterocycles. The van der Waals surface area contributed by atoms with Gasteiger partial charge in [-0.3, -0.25) is 9.80 Å². The topological polar surface area (TPSA) is 68.5 Å². The number of methoxy groups -OCH3 is 2. The molecule has 1 saturated heterocycles. The van der Waals surface area contributed by atoms with Gasteiger partial charge in [-0.15, -0.1) is 11.7 Å². The molecule has 0 amide bonds. The Balaban J connectivity index is 1.69. The van der Waals surface area contributed by atoms with Crippen LogP contribution in [0.25, 0.3) is 0 Å². The number of benzene rings is 1. The molecular formula is C23H34N6O2. The number of hydrogen-bond donors (Lipinski definition) is 0. The first-order valence-corrected chi connectivity index (χ1v) is 11.3. The molecule has 2 heterocycles. The molecule has 4 rings (SSSR count). The van der Waals surface area contributed by atoms with Crippen LogP contribution in [-0.4, -0.2) is 77.0 Å². The molecule has 8 heteroatoms. The van der Waals surface area contributed by atoms with Crippen LogP contribution >= 0.6 is 0 Å². The summed E-state index contributed by atoms with van der Waals surface area (Å²) in [5.41, 5.74) is 1.13. The smallest absolute Gasteiger partial charge is 0.173 e. The molecule has 168 valence electrons. The Kier molecular flexibility index (Phi) is 7.19. The van der Waals surface area contributed by atoms with E-state index in [9.17, 15) is 0 Å². The molecule has 1 saturated carbocycles. The third-order valence-electron chi connectivity index (χ3n) is 6.57. The van der Waals surface area contributed by atoms with Crippen molar-refractivity contribution in [2.75, 3.05) is 46.9 Å². The molecule has 0 spiro atoms. The molecule has 0 unspecified atom stereocenters.